The van der Waals surface area contributed by atoms with Crippen LogP contribution in [-0.2, 0) is 20.1 Å². The molecule has 0 atom stereocenters. The van der Waals surface area contributed by atoms with Crippen LogP contribution in [0, 0.1) is 0 Å². The van der Waals surface area contributed by atoms with Gasteiger partial charge < -0.3 is 19.9 Å². The lowest BCUT2D eigenvalue weighted by Crippen LogP contribution is -2.36. The first-order valence-electron chi connectivity index (χ1n) is 7.92. The van der Waals surface area contributed by atoms with Gasteiger partial charge in [0.05, 0.1) is 11.6 Å². The minimum Gasteiger partial charge on any atom is -0.484 e. The van der Waals surface area contributed by atoms with Crippen LogP contribution in [0.5, 0.6) is 5.75 Å². The van der Waals surface area contributed by atoms with Crippen molar-refractivity contribution < 1.29 is 17.9 Å². The van der Waals surface area contributed by atoms with Crippen molar-refractivity contribution in [1.29, 1.82) is 0 Å². The Morgan fingerprint density at radius 2 is 1.78 bits per heavy atom. The first-order valence-corrected chi connectivity index (χ1v) is 8.68. The molecule has 0 fully saturated rings. The standard InChI is InChI=1S/C17H19Cl2F3N4O/c1-23-16(25-9-12-7-14(18)15(19)26(12)2)24-8-11-3-5-13(6-4-11)27-10-17(20,21)22/h3-7H,8-10H2,1-2H3,(H2,23,24,25). The monoisotopic (exact) mass is 422 g/mol. The Bertz CT molecular complexity index is 789. The van der Waals surface area contributed by atoms with Crippen LogP contribution in [0.1, 0.15) is 11.3 Å². The van der Waals surface area contributed by atoms with Gasteiger partial charge in [0, 0.05) is 26.3 Å². The zero-order valence-electron chi connectivity index (χ0n) is 14.7. The maximum atomic E-state index is 12.1. The number of guanidine groups is 1. The van der Waals surface area contributed by atoms with Gasteiger partial charge in [-0.2, -0.15) is 13.2 Å². The van der Waals surface area contributed by atoms with Gasteiger partial charge in [-0.3, -0.25) is 4.99 Å². The molecule has 2 N–H and O–H groups in total. The molecule has 1 aromatic heterocycles. The lowest BCUT2D eigenvalue weighted by molar-refractivity contribution is -0.153. The summed E-state index contributed by atoms with van der Waals surface area (Å²) in [5.74, 6) is 0.719. The second-order valence-electron chi connectivity index (χ2n) is 5.66. The smallest absolute Gasteiger partial charge is 0.422 e. The average molecular weight is 423 g/mol. The Balaban J connectivity index is 1.84. The van der Waals surface area contributed by atoms with Crippen molar-refractivity contribution in [3.8, 4) is 5.75 Å². The third-order valence-electron chi connectivity index (χ3n) is 3.66. The minimum atomic E-state index is -4.36. The molecule has 0 aliphatic heterocycles. The summed E-state index contributed by atoms with van der Waals surface area (Å²) in [4.78, 5) is 4.12. The van der Waals surface area contributed by atoms with E-state index >= 15 is 0 Å². The molecule has 0 bridgehead atoms. The van der Waals surface area contributed by atoms with Crippen molar-refractivity contribution in [2.24, 2.45) is 12.0 Å². The largest absolute Gasteiger partial charge is 0.484 e. The Morgan fingerprint density at radius 3 is 2.30 bits per heavy atom. The van der Waals surface area contributed by atoms with E-state index in [0.717, 1.165) is 11.3 Å². The van der Waals surface area contributed by atoms with E-state index in [1.165, 1.54) is 12.1 Å². The molecule has 148 valence electrons. The topological polar surface area (TPSA) is 50.6 Å². The van der Waals surface area contributed by atoms with Crippen molar-refractivity contribution in [2.45, 2.75) is 19.3 Å². The lowest BCUT2D eigenvalue weighted by atomic mass is 10.2. The van der Waals surface area contributed by atoms with Crippen LogP contribution in [0.4, 0.5) is 13.2 Å². The van der Waals surface area contributed by atoms with Crippen LogP contribution in [0.3, 0.4) is 0 Å². The van der Waals surface area contributed by atoms with Gasteiger partial charge in [0.1, 0.15) is 10.9 Å². The van der Waals surface area contributed by atoms with Crippen LogP contribution in [0.2, 0.25) is 10.2 Å². The van der Waals surface area contributed by atoms with Crippen molar-refractivity contribution in [3.05, 3.63) is 51.8 Å². The van der Waals surface area contributed by atoms with E-state index < -0.39 is 12.8 Å². The number of benzene rings is 1. The van der Waals surface area contributed by atoms with Crippen molar-refractivity contribution >= 4 is 29.2 Å². The number of nitrogens with one attached hydrogen (secondary N) is 2. The highest BCUT2D eigenvalue weighted by Gasteiger charge is 2.28. The minimum absolute atomic E-state index is 0.163. The number of hydrogen-bond acceptors (Lipinski definition) is 2. The number of nitrogens with zero attached hydrogens (tertiary/aromatic N) is 2. The molecule has 0 radical (unpaired) electrons. The number of aliphatic imine (C=N–C) groups is 1. The molecule has 0 aliphatic rings. The van der Waals surface area contributed by atoms with Gasteiger partial charge in [0.15, 0.2) is 12.6 Å². The first kappa shape index (κ1) is 21.2. The van der Waals surface area contributed by atoms with Gasteiger partial charge >= 0.3 is 6.18 Å². The van der Waals surface area contributed by atoms with Crippen LogP contribution in [-0.4, -0.2) is 30.4 Å². The Hall–Kier alpha value is -2.06. The number of alkyl halides is 3. The summed E-state index contributed by atoms with van der Waals surface area (Å²) in [5.41, 5.74) is 1.75. The van der Waals surface area contributed by atoms with E-state index in [-0.39, 0.29) is 5.75 Å². The third kappa shape index (κ3) is 6.55. The van der Waals surface area contributed by atoms with Crippen LogP contribution in [0.15, 0.2) is 35.3 Å². The SMILES string of the molecule is CN=C(NCc1ccc(OCC(F)(F)F)cc1)NCc1cc(Cl)c(Cl)n1C. The molecule has 1 heterocycles. The second-order valence-corrected chi connectivity index (χ2v) is 6.43. The summed E-state index contributed by atoms with van der Waals surface area (Å²) in [6, 6.07) is 8.12. The molecular formula is C17H19Cl2F3N4O. The first-order chi connectivity index (χ1) is 12.7. The van der Waals surface area contributed by atoms with E-state index in [2.05, 4.69) is 20.4 Å². The van der Waals surface area contributed by atoms with E-state index in [1.54, 1.807) is 29.8 Å². The predicted molar refractivity (Wildman–Crippen MR) is 100 cm³/mol. The molecule has 27 heavy (non-hydrogen) atoms. The molecule has 2 rings (SSSR count). The molecule has 0 unspecified atom stereocenters. The summed E-state index contributed by atoms with van der Waals surface area (Å²) < 4.78 is 42.9. The van der Waals surface area contributed by atoms with E-state index in [4.69, 9.17) is 23.2 Å². The maximum Gasteiger partial charge on any atom is 0.422 e. The molecule has 1 aromatic carbocycles. The molecule has 0 amide bonds. The third-order valence-corrected chi connectivity index (χ3v) is 4.50. The molecule has 0 saturated heterocycles. The highest BCUT2D eigenvalue weighted by atomic mass is 35.5. The summed E-state index contributed by atoms with van der Waals surface area (Å²) >= 11 is 12.0. The van der Waals surface area contributed by atoms with Crippen LogP contribution >= 0.6 is 23.2 Å². The van der Waals surface area contributed by atoms with Gasteiger partial charge in [-0.25, -0.2) is 0 Å². The predicted octanol–water partition coefficient (Wildman–Crippen LogP) is 4.14. The fourth-order valence-corrected chi connectivity index (χ4v) is 2.62. The Kier molecular flexibility index (Phi) is 7.26. The molecule has 2 aromatic rings. The summed E-state index contributed by atoms with van der Waals surface area (Å²) in [6.45, 7) is -0.408. The van der Waals surface area contributed by atoms with Crippen molar-refractivity contribution in [3.63, 3.8) is 0 Å². The number of ether oxygens (including phenoxy) is 1. The molecule has 5 nitrogen and oxygen atoms in total. The number of hydrogen-bond donors (Lipinski definition) is 2. The normalized spacial score (nSPS) is 12.2. The van der Waals surface area contributed by atoms with Crippen molar-refractivity contribution in [1.82, 2.24) is 15.2 Å². The molecule has 10 heteroatoms. The molecule has 0 aliphatic carbocycles. The summed E-state index contributed by atoms with van der Waals surface area (Å²) in [7, 11) is 3.44. The fraction of sp³-hybridized carbons (Fsp3) is 0.353. The van der Waals surface area contributed by atoms with Crippen molar-refractivity contribution in [2.75, 3.05) is 13.7 Å². The van der Waals surface area contributed by atoms with E-state index in [0.29, 0.717) is 29.2 Å². The molecular weight excluding hydrogens is 404 g/mol. The van der Waals surface area contributed by atoms with E-state index in [1.807, 2.05) is 7.05 Å². The van der Waals surface area contributed by atoms with Crippen LogP contribution < -0.4 is 15.4 Å². The lowest BCUT2D eigenvalue weighted by Gasteiger charge is -2.13. The van der Waals surface area contributed by atoms with Gasteiger partial charge in [-0.15, -0.1) is 0 Å². The summed E-state index contributed by atoms with van der Waals surface area (Å²) in [5, 5.41) is 7.19. The average Bonchev–Trinajstić information content (AvgIpc) is 2.87. The quantitative estimate of drug-likeness (QED) is 0.543. The zero-order valence-corrected chi connectivity index (χ0v) is 16.2. The Labute approximate surface area is 165 Å². The highest BCUT2D eigenvalue weighted by molar-refractivity contribution is 6.41. The van der Waals surface area contributed by atoms with Gasteiger partial charge in [-0.1, -0.05) is 35.3 Å². The van der Waals surface area contributed by atoms with Crippen LogP contribution in [0.25, 0.3) is 0 Å². The van der Waals surface area contributed by atoms with Gasteiger partial charge in [0.25, 0.3) is 0 Å². The number of aromatic nitrogens is 1. The maximum absolute atomic E-state index is 12.1. The van der Waals surface area contributed by atoms with E-state index in [9.17, 15) is 13.2 Å². The fourth-order valence-electron chi connectivity index (χ4n) is 2.21. The van der Waals surface area contributed by atoms with Gasteiger partial charge in [0.2, 0.25) is 0 Å². The van der Waals surface area contributed by atoms with Gasteiger partial charge in [-0.05, 0) is 23.8 Å². The number of halogens is 5. The number of rotatable bonds is 6. The zero-order chi connectivity index (χ0) is 20.0. The summed E-state index contributed by atoms with van der Waals surface area (Å²) in [6.07, 6.45) is -4.36. The molecule has 0 saturated carbocycles. The highest BCUT2D eigenvalue weighted by Crippen LogP contribution is 2.25. The second kappa shape index (κ2) is 9.23. The Morgan fingerprint density at radius 1 is 1.15 bits per heavy atom. The molecule has 0 spiro atoms.